The van der Waals surface area contributed by atoms with E-state index in [-0.39, 0.29) is 27.8 Å². The summed E-state index contributed by atoms with van der Waals surface area (Å²) >= 11 is 0. The van der Waals surface area contributed by atoms with E-state index in [1.807, 2.05) is 24.3 Å². The van der Waals surface area contributed by atoms with Crippen molar-refractivity contribution in [2.45, 2.75) is 4.90 Å². The van der Waals surface area contributed by atoms with Crippen molar-refractivity contribution in [3.63, 3.8) is 0 Å². The van der Waals surface area contributed by atoms with E-state index in [2.05, 4.69) is 20.0 Å². The third kappa shape index (κ3) is 5.53. The number of benzene rings is 3. The Labute approximate surface area is 224 Å². The predicted molar refractivity (Wildman–Crippen MR) is 147 cm³/mol. The fourth-order valence-electron chi connectivity index (χ4n) is 3.90. The molecule has 0 spiro atoms. The van der Waals surface area contributed by atoms with Crippen molar-refractivity contribution in [2.24, 2.45) is 0 Å². The number of methoxy groups -OCH3 is 1. The van der Waals surface area contributed by atoms with Crippen molar-refractivity contribution in [1.82, 2.24) is 9.97 Å². The van der Waals surface area contributed by atoms with Crippen molar-refractivity contribution in [3.05, 3.63) is 102 Å². The van der Waals surface area contributed by atoms with E-state index in [0.717, 1.165) is 12.1 Å². The van der Waals surface area contributed by atoms with Gasteiger partial charge in [0.2, 0.25) is 5.88 Å². The van der Waals surface area contributed by atoms with Gasteiger partial charge in [-0.3, -0.25) is 9.52 Å². The van der Waals surface area contributed by atoms with Gasteiger partial charge < -0.3 is 15.8 Å². The molecule has 3 aromatic carbocycles. The van der Waals surface area contributed by atoms with Crippen molar-refractivity contribution in [3.8, 4) is 17.0 Å². The minimum atomic E-state index is -2.06. The van der Waals surface area contributed by atoms with E-state index in [4.69, 9.17) is 10.5 Å². The number of hydrogen-bond donors (Lipinski definition) is 3. The first-order chi connectivity index (χ1) is 18.8. The minimum absolute atomic E-state index is 0.0942. The first kappa shape index (κ1) is 25.7. The first-order valence-electron chi connectivity index (χ1n) is 11.6. The van der Waals surface area contributed by atoms with Gasteiger partial charge in [-0.1, -0.05) is 24.3 Å². The van der Waals surface area contributed by atoms with Gasteiger partial charge >= 0.3 is 0 Å². The molecule has 4 N–H and O–H groups in total. The molecule has 0 aliphatic carbocycles. The quantitative estimate of drug-likeness (QED) is 0.247. The molecule has 5 rings (SSSR count). The Kier molecular flexibility index (Phi) is 7.15. The van der Waals surface area contributed by atoms with Gasteiger partial charge in [0.15, 0.2) is 11.0 Å². The number of amides is 1. The maximum absolute atomic E-state index is 14.2. The standard InChI is InChI=1S/C28H21F2N5O3S/c1-38-28-24(35-39(37)25-10-8-19(29)14-22(25)30)13-18(15-32-28)16-7-9-23-17(11-16)12-21(26(31)34-23)27(36)33-20-5-3-2-4-6-20/h2-15,35H,1H3,(H2,31,34)(H,33,36). The third-order valence-corrected chi connectivity index (χ3v) is 6.93. The Balaban J connectivity index is 1.47. The van der Waals surface area contributed by atoms with E-state index < -0.39 is 28.5 Å². The van der Waals surface area contributed by atoms with Crippen LogP contribution in [0.25, 0.3) is 22.0 Å². The summed E-state index contributed by atoms with van der Waals surface area (Å²) in [5.74, 6) is -1.90. The fourth-order valence-corrected chi connectivity index (χ4v) is 4.78. The van der Waals surface area contributed by atoms with Crippen LogP contribution in [0.3, 0.4) is 0 Å². The van der Waals surface area contributed by atoms with Crippen LogP contribution in [0, 0.1) is 11.6 Å². The highest BCUT2D eigenvalue weighted by Crippen LogP contribution is 2.32. The number of nitrogens with one attached hydrogen (secondary N) is 2. The Bertz CT molecular complexity index is 1730. The van der Waals surface area contributed by atoms with Gasteiger partial charge in [-0.15, -0.1) is 0 Å². The molecule has 5 aromatic rings. The summed E-state index contributed by atoms with van der Waals surface area (Å²) in [4.78, 5) is 21.3. The number of aromatic nitrogens is 2. The lowest BCUT2D eigenvalue weighted by molar-refractivity contribution is 0.102. The molecule has 1 unspecified atom stereocenters. The van der Waals surface area contributed by atoms with Gasteiger partial charge in [-0.25, -0.2) is 23.0 Å². The largest absolute Gasteiger partial charge is 0.480 e. The lowest BCUT2D eigenvalue weighted by Gasteiger charge is -2.13. The number of halogens is 2. The summed E-state index contributed by atoms with van der Waals surface area (Å²) in [7, 11) is -0.670. The van der Waals surface area contributed by atoms with Crippen molar-refractivity contribution in [2.75, 3.05) is 22.9 Å². The summed E-state index contributed by atoms with van der Waals surface area (Å²) < 4.78 is 48.2. The van der Waals surface area contributed by atoms with Crippen molar-refractivity contribution < 1.29 is 22.5 Å². The molecule has 0 bridgehead atoms. The van der Waals surface area contributed by atoms with Gasteiger partial charge in [-0.05, 0) is 54.1 Å². The zero-order chi connectivity index (χ0) is 27.5. The van der Waals surface area contributed by atoms with Crippen LogP contribution in [0.15, 0.2) is 90.0 Å². The van der Waals surface area contributed by atoms with Crippen LogP contribution in [-0.2, 0) is 11.0 Å². The SMILES string of the molecule is COc1ncc(-c2ccc3nc(N)c(C(=O)Nc4ccccc4)cc3c2)cc1NS(=O)c1ccc(F)cc1F. The smallest absolute Gasteiger partial charge is 0.259 e. The number of para-hydroxylation sites is 1. The monoisotopic (exact) mass is 545 g/mol. The normalized spacial score (nSPS) is 11.7. The van der Waals surface area contributed by atoms with Gasteiger partial charge in [0.1, 0.15) is 23.1 Å². The molecule has 196 valence electrons. The number of pyridine rings is 2. The highest BCUT2D eigenvalue weighted by molar-refractivity contribution is 7.86. The van der Waals surface area contributed by atoms with Crippen LogP contribution in [0.5, 0.6) is 5.88 Å². The first-order valence-corrected chi connectivity index (χ1v) is 12.7. The van der Waals surface area contributed by atoms with Gasteiger partial charge in [0, 0.05) is 28.9 Å². The highest BCUT2D eigenvalue weighted by atomic mass is 32.2. The van der Waals surface area contributed by atoms with Crippen LogP contribution in [0.2, 0.25) is 0 Å². The van der Waals surface area contributed by atoms with E-state index in [1.165, 1.54) is 7.11 Å². The Morgan fingerprint density at radius 2 is 1.77 bits per heavy atom. The van der Waals surface area contributed by atoms with E-state index in [0.29, 0.717) is 33.8 Å². The number of nitrogens with zero attached hydrogens (tertiary/aromatic N) is 2. The molecule has 2 heterocycles. The number of nitrogens with two attached hydrogens (primary N) is 1. The number of ether oxygens (including phenoxy) is 1. The molecule has 0 fully saturated rings. The Morgan fingerprint density at radius 1 is 0.974 bits per heavy atom. The molecular weight excluding hydrogens is 524 g/mol. The molecule has 1 amide bonds. The predicted octanol–water partition coefficient (Wildman–Crippen LogP) is 5.55. The number of fused-ring (bicyclic) bond motifs is 1. The average molecular weight is 546 g/mol. The third-order valence-electron chi connectivity index (χ3n) is 5.79. The molecule has 8 nitrogen and oxygen atoms in total. The molecule has 11 heteroatoms. The Hall–Kier alpha value is -4.90. The van der Waals surface area contributed by atoms with Crippen LogP contribution in [-0.4, -0.2) is 27.2 Å². The fraction of sp³-hybridized carbons (Fsp3) is 0.0357. The topological polar surface area (TPSA) is 119 Å². The minimum Gasteiger partial charge on any atom is -0.480 e. The summed E-state index contributed by atoms with van der Waals surface area (Å²) in [5.41, 5.74) is 9.06. The van der Waals surface area contributed by atoms with Gasteiger partial charge in [0.05, 0.1) is 23.1 Å². The van der Waals surface area contributed by atoms with Crippen molar-refractivity contribution >= 4 is 45.0 Å². The molecule has 39 heavy (non-hydrogen) atoms. The van der Waals surface area contributed by atoms with E-state index in [9.17, 15) is 17.8 Å². The number of anilines is 3. The summed E-state index contributed by atoms with van der Waals surface area (Å²) in [6.07, 6.45) is 1.56. The van der Waals surface area contributed by atoms with Crippen molar-refractivity contribution in [1.29, 1.82) is 0 Å². The van der Waals surface area contributed by atoms with Crippen LogP contribution >= 0.6 is 0 Å². The molecule has 1 atom stereocenters. The summed E-state index contributed by atoms with van der Waals surface area (Å²) in [6.45, 7) is 0. The van der Waals surface area contributed by atoms with E-state index in [1.54, 1.807) is 42.6 Å². The van der Waals surface area contributed by atoms with Crippen LogP contribution < -0.4 is 20.5 Å². The maximum atomic E-state index is 14.2. The highest BCUT2D eigenvalue weighted by Gasteiger charge is 2.17. The number of nitrogen functional groups attached to an aromatic ring is 1. The molecule has 0 radical (unpaired) electrons. The number of carbonyl (C=O) groups is 1. The molecule has 0 aliphatic heterocycles. The maximum Gasteiger partial charge on any atom is 0.259 e. The Morgan fingerprint density at radius 3 is 2.51 bits per heavy atom. The van der Waals surface area contributed by atoms with Crippen LogP contribution in [0.4, 0.5) is 26.0 Å². The number of hydrogen-bond acceptors (Lipinski definition) is 6. The average Bonchev–Trinajstić information content (AvgIpc) is 2.92. The summed E-state index contributed by atoms with van der Waals surface area (Å²) in [6, 6.07) is 20.4. The lowest BCUT2D eigenvalue weighted by Crippen LogP contribution is -2.15. The number of rotatable bonds is 7. The van der Waals surface area contributed by atoms with E-state index >= 15 is 0 Å². The second kappa shape index (κ2) is 10.8. The zero-order valence-electron chi connectivity index (χ0n) is 20.4. The molecular formula is C28H21F2N5O3S. The second-order valence-electron chi connectivity index (χ2n) is 8.38. The van der Waals surface area contributed by atoms with Crippen LogP contribution in [0.1, 0.15) is 10.4 Å². The zero-order valence-corrected chi connectivity index (χ0v) is 21.3. The molecule has 0 aliphatic rings. The molecule has 2 aromatic heterocycles. The lowest BCUT2D eigenvalue weighted by atomic mass is 10.0. The number of carbonyl (C=O) groups excluding carboxylic acids is 1. The molecule has 0 saturated heterocycles. The molecule has 0 saturated carbocycles. The second-order valence-corrected chi connectivity index (χ2v) is 9.56. The summed E-state index contributed by atoms with van der Waals surface area (Å²) in [5, 5.41) is 3.46. The van der Waals surface area contributed by atoms with Gasteiger partial charge in [0.25, 0.3) is 5.91 Å². The van der Waals surface area contributed by atoms with Gasteiger partial charge in [-0.2, -0.15) is 0 Å².